The van der Waals surface area contributed by atoms with Gasteiger partial charge in [0.25, 0.3) is 0 Å². The van der Waals surface area contributed by atoms with Gasteiger partial charge in [-0.15, -0.1) is 0 Å². The molecule has 3 aromatic rings. The second-order valence-corrected chi connectivity index (χ2v) is 12.3. The van der Waals surface area contributed by atoms with Crippen molar-refractivity contribution in [1.82, 2.24) is 0 Å². The van der Waals surface area contributed by atoms with E-state index in [9.17, 15) is 9.59 Å². The summed E-state index contributed by atoms with van der Waals surface area (Å²) in [7, 11) is 0. The summed E-state index contributed by atoms with van der Waals surface area (Å²) in [4.78, 5) is 26.4. The number of aryl methyl sites for hydroxylation is 1. The van der Waals surface area contributed by atoms with E-state index < -0.39 is 0 Å². The van der Waals surface area contributed by atoms with Crippen LogP contribution in [0.1, 0.15) is 117 Å². The smallest absolute Gasteiger partial charge is 0.228 e. The van der Waals surface area contributed by atoms with Crippen LogP contribution in [-0.4, -0.2) is 18.3 Å². The SMILES string of the molecule is CCCCCCCCCCCCCCOc1ccc(CC(=O)Nc2cccc(C[n+]3csc(C)c3)c2)cc1C(C)=O. The molecule has 0 bridgehead atoms. The fourth-order valence-corrected chi connectivity index (χ4v) is 5.72. The number of ketones is 1. The first-order valence-corrected chi connectivity index (χ1v) is 16.4. The van der Waals surface area contributed by atoms with Gasteiger partial charge in [-0.1, -0.05) is 107 Å². The van der Waals surface area contributed by atoms with Gasteiger partial charge in [-0.25, -0.2) is 0 Å². The van der Waals surface area contributed by atoms with Crippen molar-refractivity contribution in [2.45, 2.75) is 111 Å². The fraction of sp³-hybridized carbons (Fsp3) is 0.514. The number of hydrogen-bond acceptors (Lipinski definition) is 4. The second-order valence-electron chi connectivity index (χ2n) is 11.2. The Morgan fingerprint density at radius 1 is 0.854 bits per heavy atom. The van der Waals surface area contributed by atoms with E-state index in [0.717, 1.165) is 36.2 Å². The van der Waals surface area contributed by atoms with E-state index >= 15 is 0 Å². The van der Waals surface area contributed by atoms with Crippen molar-refractivity contribution in [1.29, 1.82) is 0 Å². The number of rotatable bonds is 20. The molecule has 1 N–H and O–H groups in total. The van der Waals surface area contributed by atoms with E-state index in [0.29, 0.717) is 17.9 Å². The molecule has 5 nitrogen and oxygen atoms in total. The molecule has 1 aromatic heterocycles. The van der Waals surface area contributed by atoms with Gasteiger partial charge in [0.2, 0.25) is 11.4 Å². The second kappa shape index (κ2) is 18.4. The lowest BCUT2D eigenvalue weighted by molar-refractivity contribution is -0.683. The third-order valence-corrected chi connectivity index (χ3v) is 8.19. The summed E-state index contributed by atoms with van der Waals surface area (Å²) in [5.74, 6) is 0.449. The Labute approximate surface area is 251 Å². The topological polar surface area (TPSA) is 59.3 Å². The minimum atomic E-state index is -0.110. The molecule has 0 radical (unpaired) electrons. The molecule has 6 heteroatoms. The molecule has 0 saturated heterocycles. The standard InChI is InChI=1S/C35H48N2O3S/c1-4-5-6-7-8-9-10-11-12-13-14-15-21-40-34-20-19-30(23-33(34)29(3)38)24-35(39)36-32-18-16-17-31(22-32)26-37-25-28(2)41-27-37/h16-20,22-23,25,27H,4-15,21,24,26H2,1-3H3/p+1. The lowest BCUT2D eigenvalue weighted by atomic mass is 10.0. The number of Topliss-reactive ketones (excluding diaryl/α,β-unsaturated/α-hetero) is 1. The Bertz CT molecular complexity index is 1220. The molecule has 0 aliphatic carbocycles. The van der Waals surface area contributed by atoms with E-state index in [4.69, 9.17) is 4.74 Å². The maximum Gasteiger partial charge on any atom is 0.228 e. The zero-order valence-electron chi connectivity index (χ0n) is 25.4. The van der Waals surface area contributed by atoms with Crippen molar-refractivity contribution >= 4 is 28.7 Å². The van der Waals surface area contributed by atoms with Crippen LogP contribution >= 0.6 is 11.3 Å². The predicted octanol–water partition coefficient (Wildman–Crippen LogP) is 8.86. The number of anilines is 1. The van der Waals surface area contributed by atoms with Crippen LogP contribution in [0.15, 0.2) is 54.2 Å². The zero-order chi connectivity index (χ0) is 29.3. The number of thiazole rings is 1. The van der Waals surface area contributed by atoms with Gasteiger partial charge in [0.15, 0.2) is 18.5 Å². The van der Waals surface area contributed by atoms with Gasteiger partial charge in [-0.3, -0.25) is 9.59 Å². The average Bonchev–Trinajstić information content (AvgIpc) is 3.36. The Balaban J connectivity index is 1.38. The van der Waals surface area contributed by atoms with Crippen molar-refractivity contribution in [3.05, 3.63) is 75.7 Å². The van der Waals surface area contributed by atoms with Gasteiger partial charge in [0.05, 0.1) is 23.5 Å². The molecule has 0 aliphatic rings. The monoisotopic (exact) mass is 577 g/mol. The van der Waals surface area contributed by atoms with E-state index in [-0.39, 0.29) is 18.1 Å². The number of carbonyl (C=O) groups excluding carboxylic acids is 2. The number of hydrogen-bond donors (Lipinski definition) is 1. The number of benzene rings is 2. The first kappa shape index (κ1) is 32.5. The van der Waals surface area contributed by atoms with E-state index in [1.54, 1.807) is 24.3 Å². The van der Waals surface area contributed by atoms with E-state index in [1.807, 2.05) is 30.3 Å². The van der Waals surface area contributed by atoms with Crippen LogP contribution in [0.25, 0.3) is 0 Å². The zero-order valence-corrected chi connectivity index (χ0v) is 26.2. The van der Waals surface area contributed by atoms with Crippen LogP contribution in [-0.2, 0) is 17.8 Å². The van der Waals surface area contributed by atoms with Crippen molar-refractivity contribution in [3.63, 3.8) is 0 Å². The van der Waals surface area contributed by atoms with Crippen molar-refractivity contribution in [3.8, 4) is 5.75 Å². The molecule has 1 amide bonds. The summed E-state index contributed by atoms with van der Waals surface area (Å²) in [5, 5.41) is 3.00. The maximum atomic E-state index is 12.8. The van der Waals surface area contributed by atoms with E-state index in [2.05, 4.69) is 41.5 Å². The minimum Gasteiger partial charge on any atom is -0.493 e. The Kier molecular flexibility index (Phi) is 14.6. The normalized spacial score (nSPS) is 11.0. The van der Waals surface area contributed by atoms with Crippen LogP contribution in [0.2, 0.25) is 0 Å². The highest BCUT2D eigenvalue weighted by Gasteiger charge is 2.13. The maximum absolute atomic E-state index is 12.8. The number of unbranched alkanes of at least 4 members (excludes halogenated alkanes) is 11. The molecule has 2 aromatic carbocycles. The molecule has 1 heterocycles. The molecule has 0 aliphatic heterocycles. The molecule has 222 valence electrons. The molecular weight excluding hydrogens is 528 g/mol. The lowest BCUT2D eigenvalue weighted by Crippen LogP contribution is -2.30. The lowest BCUT2D eigenvalue weighted by Gasteiger charge is -2.12. The average molecular weight is 578 g/mol. The summed E-state index contributed by atoms with van der Waals surface area (Å²) in [6, 6.07) is 13.4. The van der Waals surface area contributed by atoms with Gasteiger partial charge >= 0.3 is 0 Å². The number of nitrogens with one attached hydrogen (secondary N) is 1. The highest BCUT2D eigenvalue weighted by Crippen LogP contribution is 2.22. The minimum absolute atomic E-state index is 0.0502. The molecule has 0 spiro atoms. The van der Waals surface area contributed by atoms with Crippen molar-refractivity contribution < 1.29 is 18.9 Å². The van der Waals surface area contributed by atoms with Gasteiger partial charge in [0, 0.05) is 11.3 Å². The van der Waals surface area contributed by atoms with Crippen LogP contribution in [0.3, 0.4) is 0 Å². The number of ether oxygens (including phenoxy) is 1. The van der Waals surface area contributed by atoms with Crippen molar-refractivity contribution in [2.75, 3.05) is 11.9 Å². The third-order valence-electron chi connectivity index (χ3n) is 7.34. The van der Waals surface area contributed by atoms with Gasteiger partial charge in [0.1, 0.15) is 5.75 Å². The summed E-state index contributed by atoms with van der Waals surface area (Å²) >= 11 is 1.72. The van der Waals surface area contributed by atoms with Crippen LogP contribution in [0.4, 0.5) is 5.69 Å². The number of nitrogens with zero attached hydrogens (tertiary/aromatic N) is 1. The van der Waals surface area contributed by atoms with Crippen LogP contribution < -0.4 is 14.6 Å². The van der Waals surface area contributed by atoms with Crippen molar-refractivity contribution in [2.24, 2.45) is 0 Å². The molecule has 3 rings (SSSR count). The first-order chi connectivity index (χ1) is 19.9. The molecular formula is C35H49N2O3S+. The summed E-state index contributed by atoms with van der Waals surface area (Å²) in [6.07, 6.45) is 17.9. The predicted molar refractivity (Wildman–Crippen MR) is 170 cm³/mol. The Hall–Kier alpha value is -2.99. The molecule has 0 unspecified atom stereocenters. The molecule has 0 fully saturated rings. The molecule has 0 saturated carbocycles. The highest BCUT2D eigenvalue weighted by molar-refractivity contribution is 7.09. The fourth-order valence-electron chi connectivity index (χ4n) is 5.09. The summed E-state index contributed by atoms with van der Waals surface area (Å²) < 4.78 is 8.13. The number of carbonyl (C=O) groups is 2. The highest BCUT2D eigenvalue weighted by atomic mass is 32.1. The summed E-state index contributed by atoms with van der Waals surface area (Å²) in [6.45, 7) is 7.28. The Morgan fingerprint density at radius 3 is 2.17 bits per heavy atom. The Morgan fingerprint density at radius 2 is 1.54 bits per heavy atom. The molecule has 0 atom stereocenters. The molecule has 41 heavy (non-hydrogen) atoms. The third kappa shape index (κ3) is 12.6. The quantitative estimate of drug-likeness (QED) is 0.0829. The van der Waals surface area contributed by atoms with Crippen LogP contribution in [0, 0.1) is 6.92 Å². The largest absolute Gasteiger partial charge is 0.493 e. The number of aromatic nitrogens is 1. The van der Waals surface area contributed by atoms with E-state index in [1.165, 1.54) is 69.1 Å². The first-order valence-electron chi connectivity index (χ1n) is 15.5. The van der Waals surface area contributed by atoms with Gasteiger partial charge in [-0.05, 0) is 50.1 Å². The van der Waals surface area contributed by atoms with Gasteiger partial charge in [-0.2, -0.15) is 4.57 Å². The van der Waals surface area contributed by atoms with Gasteiger partial charge < -0.3 is 10.1 Å². The van der Waals surface area contributed by atoms with Crippen LogP contribution in [0.5, 0.6) is 5.75 Å². The summed E-state index contributed by atoms with van der Waals surface area (Å²) in [5.41, 5.74) is 5.33. The number of amides is 1.